The topological polar surface area (TPSA) is 98.4 Å². The van der Waals surface area contributed by atoms with Gasteiger partial charge in [0.15, 0.2) is 5.65 Å². The largest absolute Gasteiger partial charge is 0.444 e. The van der Waals surface area contributed by atoms with Crippen LogP contribution in [0.25, 0.3) is 28.1 Å². The Hall–Kier alpha value is -3.99. The standard InChI is InChI=1S/C30H35ClFN7O3/c1-17(2)39-27(18(3)15-33-39)38-26-21(14-22(31)24(34-26)20-10-8-9-11-23(20)32)25(35-28(38)40)37-13-12-36(16-19(37)4)29(41)42-30(5,6)7/h8-11,14-15,17,19H,12-13,16H2,1-7H3. The lowest BCUT2D eigenvalue weighted by molar-refractivity contribution is 0.0218. The van der Waals surface area contributed by atoms with E-state index in [-0.39, 0.29) is 40.1 Å². The van der Waals surface area contributed by atoms with Crippen molar-refractivity contribution >= 4 is 34.5 Å². The molecule has 0 bridgehead atoms. The Morgan fingerprint density at radius 2 is 1.88 bits per heavy atom. The van der Waals surface area contributed by atoms with Crippen molar-refractivity contribution in [2.75, 3.05) is 24.5 Å². The zero-order valence-electron chi connectivity index (χ0n) is 24.9. The van der Waals surface area contributed by atoms with E-state index in [4.69, 9.17) is 21.3 Å². The molecule has 5 rings (SSSR count). The highest BCUT2D eigenvalue weighted by Crippen LogP contribution is 2.35. The van der Waals surface area contributed by atoms with E-state index in [2.05, 4.69) is 10.1 Å². The molecule has 42 heavy (non-hydrogen) atoms. The van der Waals surface area contributed by atoms with Gasteiger partial charge < -0.3 is 14.5 Å². The number of ether oxygens (including phenoxy) is 1. The maximum atomic E-state index is 14.9. The van der Waals surface area contributed by atoms with Gasteiger partial charge in [0, 0.05) is 42.8 Å². The maximum absolute atomic E-state index is 14.9. The fraction of sp³-hybridized carbons (Fsp3) is 0.433. The summed E-state index contributed by atoms with van der Waals surface area (Å²) in [4.78, 5) is 39.7. The van der Waals surface area contributed by atoms with Gasteiger partial charge in [0.1, 0.15) is 23.1 Å². The molecule has 1 atom stereocenters. The van der Waals surface area contributed by atoms with E-state index >= 15 is 0 Å². The van der Waals surface area contributed by atoms with Crippen LogP contribution in [0.4, 0.5) is 15.0 Å². The highest BCUT2D eigenvalue weighted by atomic mass is 35.5. The Labute approximate surface area is 248 Å². The molecule has 0 aliphatic carbocycles. The van der Waals surface area contributed by atoms with Crippen LogP contribution in [0.1, 0.15) is 53.1 Å². The van der Waals surface area contributed by atoms with E-state index in [1.165, 1.54) is 10.6 Å². The van der Waals surface area contributed by atoms with E-state index < -0.39 is 17.1 Å². The van der Waals surface area contributed by atoms with Crippen molar-refractivity contribution in [1.29, 1.82) is 0 Å². The molecule has 1 saturated heterocycles. The van der Waals surface area contributed by atoms with Gasteiger partial charge >= 0.3 is 11.8 Å². The van der Waals surface area contributed by atoms with Crippen molar-refractivity contribution in [1.82, 2.24) is 29.2 Å². The minimum atomic E-state index is -0.612. The number of halogens is 2. The number of aromatic nitrogens is 5. The van der Waals surface area contributed by atoms with Crippen molar-refractivity contribution in [2.45, 2.75) is 66.2 Å². The summed E-state index contributed by atoms with van der Waals surface area (Å²) in [6, 6.07) is 7.65. The van der Waals surface area contributed by atoms with Gasteiger partial charge in [-0.15, -0.1) is 0 Å². The molecule has 4 aromatic rings. The van der Waals surface area contributed by atoms with Crippen molar-refractivity contribution < 1.29 is 13.9 Å². The fourth-order valence-corrected chi connectivity index (χ4v) is 5.47. The van der Waals surface area contributed by atoms with Gasteiger partial charge in [-0.05, 0) is 66.7 Å². The first-order valence-electron chi connectivity index (χ1n) is 13.9. The summed E-state index contributed by atoms with van der Waals surface area (Å²) >= 11 is 6.76. The molecular formula is C30H35ClFN7O3. The average Bonchev–Trinajstić information content (AvgIpc) is 3.29. The van der Waals surface area contributed by atoms with Gasteiger partial charge in [0.05, 0.1) is 22.3 Å². The number of carbonyl (C=O) groups excluding carboxylic acids is 1. The molecule has 3 aromatic heterocycles. The summed E-state index contributed by atoms with van der Waals surface area (Å²) in [5.41, 5.74) is 0.293. The number of rotatable bonds is 4. The molecule has 10 nitrogen and oxygen atoms in total. The third kappa shape index (κ3) is 5.45. The number of hydrogen-bond acceptors (Lipinski definition) is 7. The molecule has 1 aliphatic rings. The van der Waals surface area contributed by atoms with Crippen LogP contribution in [0.15, 0.2) is 41.3 Å². The molecule has 0 N–H and O–H groups in total. The van der Waals surface area contributed by atoms with Gasteiger partial charge in [-0.3, -0.25) is 0 Å². The summed E-state index contributed by atoms with van der Waals surface area (Å²) in [6.45, 7) is 14.4. The minimum absolute atomic E-state index is 0.0605. The molecule has 0 spiro atoms. The van der Waals surface area contributed by atoms with Crippen LogP contribution in [0.2, 0.25) is 5.02 Å². The fourth-order valence-electron chi connectivity index (χ4n) is 5.22. The van der Waals surface area contributed by atoms with E-state index in [1.807, 2.05) is 53.4 Å². The molecule has 1 unspecified atom stereocenters. The number of anilines is 1. The third-order valence-corrected chi connectivity index (χ3v) is 7.42. The van der Waals surface area contributed by atoms with E-state index in [0.717, 1.165) is 5.56 Å². The van der Waals surface area contributed by atoms with Gasteiger partial charge in [-0.25, -0.2) is 28.2 Å². The predicted octanol–water partition coefficient (Wildman–Crippen LogP) is 5.77. The first-order chi connectivity index (χ1) is 19.8. The Morgan fingerprint density at radius 3 is 2.52 bits per heavy atom. The number of nitrogens with zero attached hydrogens (tertiary/aromatic N) is 7. The first kappa shape index (κ1) is 29.5. The first-order valence-corrected chi connectivity index (χ1v) is 14.3. The van der Waals surface area contributed by atoms with Crippen LogP contribution >= 0.6 is 11.6 Å². The zero-order valence-corrected chi connectivity index (χ0v) is 25.6. The number of pyridine rings is 1. The molecule has 1 fully saturated rings. The van der Waals surface area contributed by atoms with Crippen LogP contribution in [0.3, 0.4) is 0 Å². The highest BCUT2D eigenvalue weighted by molar-refractivity contribution is 6.33. The lowest BCUT2D eigenvalue weighted by Crippen LogP contribution is -2.55. The predicted molar refractivity (Wildman–Crippen MR) is 161 cm³/mol. The number of fused-ring (bicyclic) bond motifs is 1. The Morgan fingerprint density at radius 1 is 1.17 bits per heavy atom. The second kappa shape index (κ2) is 11.0. The number of aryl methyl sites for hydroxylation is 1. The normalized spacial score (nSPS) is 16.0. The molecule has 0 radical (unpaired) electrons. The lowest BCUT2D eigenvalue weighted by atomic mass is 10.1. The van der Waals surface area contributed by atoms with Crippen molar-refractivity contribution in [3.8, 4) is 17.1 Å². The second-order valence-corrected chi connectivity index (χ2v) is 12.3. The molecule has 1 aliphatic heterocycles. The van der Waals surface area contributed by atoms with Crippen molar-refractivity contribution in [3.05, 3.63) is 63.4 Å². The molecule has 4 heterocycles. The van der Waals surface area contributed by atoms with Crippen LogP contribution in [-0.4, -0.2) is 66.6 Å². The molecule has 12 heteroatoms. The van der Waals surface area contributed by atoms with Crippen LogP contribution in [-0.2, 0) is 4.74 Å². The molecule has 222 valence electrons. The van der Waals surface area contributed by atoms with Crippen LogP contribution < -0.4 is 10.6 Å². The lowest BCUT2D eigenvalue weighted by Gasteiger charge is -2.41. The SMILES string of the molecule is Cc1cnn(C(C)C)c1-n1c(=O)nc(N2CCN(C(=O)OC(C)(C)C)CC2C)c2cc(Cl)c(-c3ccccc3F)nc21. The van der Waals surface area contributed by atoms with Crippen molar-refractivity contribution in [2.24, 2.45) is 0 Å². The van der Waals surface area contributed by atoms with Crippen molar-refractivity contribution in [3.63, 3.8) is 0 Å². The van der Waals surface area contributed by atoms with Gasteiger partial charge in [0.2, 0.25) is 0 Å². The number of benzene rings is 1. The highest BCUT2D eigenvalue weighted by Gasteiger charge is 2.33. The summed E-state index contributed by atoms with van der Waals surface area (Å²) in [6.07, 6.45) is 1.30. The van der Waals surface area contributed by atoms with E-state index in [0.29, 0.717) is 36.7 Å². The van der Waals surface area contributed by atoms with E-state index in [9.17, 15) is 14.0 Å². The van der Waals surface area contributed by atoms with Gasteiger partial charge in [-0.1, -0.05) is 23.7 Å². The Kier molecular flexibility index (Phi) is 7.74. The number of carbonyl (C=O) groups is 1. The zero-order chi connectivity index (χ0) is 30.5. The van der Waals surface area contributed by atoms with Crippen LogP contribution in [0, 0.1) is 12.7 Å². The third-order valence-electron chi connectivity index (χ3n) is 7.13. The summed E-state index contributed by atoms with van der Waals surface area (Å²) in [5, 5.41) is 5.22. The minimum Gasteiger partial charge on any atom is -0.444 e. The maximum Gasteiger partial charge on any atom is 0.410 e. The molecule has 1 aromatic carbocycles. The smallest absolute Gasteiger partial charge is 0.410 e. The van der Waals surface area contributed by atoms with Gasteiger partial charge in [0.25, 0.3) is 0 Å². The molecule has 0 saturated carbocycles. The van der Waals surface area contributed by atoms with Crippen LogP contribution in [0.5, 0.6) is 0 Å². The summed E-state index contributed by atoms with van der Waals surface area (Å²) < 4.78 is 23.6. The molecule has 1 amide bonds. The quantitative estimate of drug-likeness (QED) is 0.295. The monoisotopic (exact) mass is 595 g/mol. The number of amides is 1. The van der Waals surface area contributed by atoms with E-state index in [1.54, 1.807) is 40.0 Å². The number of piperazine rings is 1. The Balaban J connectivity index is 1.70. The van der Waals surface area contributed by atoms with Gasteiger partial charge in [-0.2, -0.15) is 10.1 Å². The Bertz CT molecular complexity index is 1730. The average molecular weight is 596 g/mol. The summed E-state index contributed by atoms with van der Waals surface area (Å²) in [5.74, 6) is 0.436. The molecular weight excluding hydrogens is 561 g/mol. The summed E-state index contributed by atoms with van der Waals surface area (Å²) in [7, 11) is 0. The second-order valence-electron chi connectivity index (χ2n) is 11.9. The number of hydrogen-bond donors (Lipinski definition) is 0.